The SMILES string of the molecule is CC(C)(C)c1ccc(C(=O)N2C[C@H]3COCC[C@@]3(C(=O)O)C2)cc1[N+](=O)[O-]. The van der Waals surface area contributed by atoms with Crippen molar-refractivity contribution in [2.24, 2.45) is 11.3 Å². The highest BCUT2D eigenvalue weighted by atomic mass is 16.6. The van der Waals surface area contributed by atoms with E-state index in [9.17, 15) is 24.8 Å². The number of likely N-dealkylation sites (tertiary alicyclic amines) is 1. The van der Waals surface area contributed by atoms with Crippen LogP contribution in [0.1, 0.15) is 43.1 Å². The molecule has 1 N–H and O–H groups in total. The van der Waals surface area contributed by atoms with Crippen LogP contribution in [0.3, 0.4) is 0 Å². The summed E-state index contributed by atoms with van der Waals surface area (Å²) in [4.78, 5) is 37.3. The van der Waals surface area contributed by atoms with E-state index in [2.05, 4.69) is 0 Å². The number of fused-ring (bicyclic) bond motifs is 1. The zero-order valence-electron chi connectivity index (χ0n) is 15.7. The molecule has 2 fully saturated rings. The number of hydrogen-bond acceptors (Lipinski definition) is 5. The van der Waals surface area contributed by atoms with E-state index in [0.717, 1.165) is 0 Å². The van der Waals surface area contributed by atoms with Crippen LogP contribution in [0, 0.1) is 21.4 Å². The van der Waals surface area contributed by atoms with Crippen LogP contribution in [0.25, 0.3) is 0 Å². The molecule has 0 spiro atoms. The zero-order chi connectivity index (χ0) is 20.0. The molecule has 1 aromatic rings. The molecule has 2 heterocycles. The van der Waals surface area contributed by atoms with Gasteiger partial charge >= 0.3 is 5.97 Å². The molecule has 8 nitrogen and oxygen atoms in total. The lowest BCUT2D eigenvalue weighted by molar-refractivity contribution is -0.386. The van der Waals surface area contributed by atoms with Gasteiger partial charge in [-0.2, -0.15) is 0 Å². The minimum atomic E-state index is -0.995. The third kappa shape index (κ3) is 3.29. The van der Waals surface area contributed by atoms with Gasteiger partial charge in [-0.25, -0.2) is 0 Å². The summed E-state index contributed by atoms with van der Waals surface area (Å²) in [5, 5.41) is 21.2. The van der Waals surface area contributed by atoms with Crippen molar-refractivity contribution in [3.63, 3.8) is 0 Å². The lowest BCUT2D eigenvalue weighted by atomic mass is 9.74. The van der Waals surface area contributed by atoms with E-state index < -0.39 is 21.7 Å². The first-order valence-corrected chi connectivity index (χ1v) is 8.95. The summed E-state index contributed by atoms with van der Waals surface area (Å²) in [6.45, 7) is 6.66. The highest BCUT2D eigenvalue weighted by molar-refractivity contribution is 5.96. The molecule has 3 rings (SSSR count). The Morgan fingerprint density at radius 2 is 2.07 bits per heavy atom. The van der Waals surface area contributed by atoms with E-state index in [1.54, 1.807) is 12.1 Å². The summed E-state index contributed by atoms with van der Waals surface area (Å²) >= 11 is 0. The van der Waals surface area contributed by atoms with Crippen LogP contribution in [0.5, 0.6) is 0 Å². The number of carboxylic acid groups (broad SMARTS) is 1. The van der Waals surface area contributed by atoms with Crippen molar-refractivity contribution in [2.75, 3.05) is 26.3 Å². The van der Waals surface area contributed by atoms with Crippen molar-refractivity contribution in [2.45, 2.75) is 32.6 Å². The van der Waals surface area contributed by atoms with Crippen LogP contribution in [0.15, 0.2) is 18.2 Å². The van der Waals surface area contributed by atoms with Gasteiger partial charge < -0.3 is 14.7 Å². The van der Waals surface area contributed by atoms with Gasteiger partial charge in [0.2, 0.25) is 0 Å². The molecule has 2 saturated heterocycles. The molecule has 2 aliphatic rings. The second-order valence-electron chi connectivity index (χ2n) is 8.41. The lowest BCUT2D eigenvalue weighted by Gasteiger charge is -2.33. The Bertz CT molecular complexity index is 800. The number of carbonyl (C=O) groups excluding carboxylic acids is 1. The highest BCUT2D eigenvalue weighted by Gasteiger charge is 2.55. The standard InChI is InChI=1S/C19H24N2O6/c1-18(2,3)14-5-4-12(8-15(14)21(25)26)16(22)20-9-13-10-27-7-6-19(13,11-20)17(23)24/h4-5,8,13H,6-7,9-11H2,1-3H3,(H,23,24)/t13-,19+/m0/s1. The summed E-state index contributed by atoms with van der Waals surface area (Å²) < 4.78 is 5.41. The van der Waals surface area contributed by atoms with Crippen LogP contribution in [0.4, 0.5) is 5.69 Å². The third-order valence-corrected chi connectivity index (χ3v) is 5.67. The summed E-state index contributed by atoms with van der Waals surface area (Å²) in [5.74, 6) is -1.56. The van der Waals surface area contributed by atoms with Crippen LogP contribution >= 0.6 is 0 Å². The van der Waals surface area contributed by atoms with Gasteiger partial charge in [0.1, 0.15) is 0 Å². The number of hydrogen-bond donors (Lipinski definition) is 1. The fourth-order valence-corrected chi connectivity index (χ4v) is 4.09. The molecule has 0 aliphatic carbocycles. The average Bonchev–Trinajstić information content (AvgIpc) is 3.00. The zero-order valence-corrected chi connectivity index (χ0v) is 15.7. The molecule has 0 aromatic heterocycles. The maximum atomic E-state index is 13.0. The minimum Gasteiger partial charge on any atom is -0.481 e. The molecular weight excluding hydrogens is 352 g/mol. The molecule has 1 amide bonds. The van der Waals surface area contributed by atoms with Crippen LogP contribution in [-0.4, -0.2) is 53.1 Å². The number of carbonyl (C=O) groups is 2. The van der Waals surface area contributed by atoms with Gasteiger partial charge in [0.15, 0.2) is 0 Å². The van der Waals surface area contributed by atoms with E-state index in [1.165, 1.54) is 11.0 Å². The maximum Gasteiger partial charge on any atom is 0.311 e. The van der Waals surface area contributed by atoms with Crippen molar-refractivity contribution in [3.05, 3.63) is 39.4 Å². The topological polar surface area (TPSA) is 110 Å². The number of benzene rings is 1. The summed E-state index contributed by atoms with van der Waals surface area (Å²) in [5.41, 5.74) is -0.770. The molecule has 146 valence electrons. The number of nitrogens with zero attached hydrogens (tertiary/aromatic N) is 2. The number of ether oxygens (including phenoxy) is 1. The quantitative estimate of drug-likeness (QED) is 0.641. The van der Waals surface area contributed by atoms with Crippen molar-refractivity contribution in [1.82, 2.24) is 4.90 Å². The van der Waals surface area contributed by atoms with Crippen molar-refractivity contribution in [1.29, 1.82) is 0 Å². The first-order valence-electron chi connectivity index (χ1n) is 8.95. The molecule has 2 aliphatic heterocycles. The Morgan fingerprint density at radius 3 is 2.63 bits per heavy atom. The molecule has 0 radical (unpaired) electrons. The number of nitro benzene ring substituents is 1. The molecule has 0 saturated carbocycles. The third-order valence-electron chi connectivity index (χ3n) is 5.67. The van der Waals surface area contributed by atoms with Gasteiger partial charge in [-0.15, -0.1) is 0 Å². The average molecular weight is 376 g/mol. The molecule has 8 heteroatoms. The van der Waals surface area contributed by atoms with Crippen molar-refractivity contribution in [3.8, 4) is 0 Å². The lowest BCUT2D eigenvalue weighted by Crippen LogP contribution is -2.45. The fourth-order valence-electron chi connectivity index (χ4n) is 4.09. The summed E-state index contributed by atoms with van der Waals surface area (Å²) in [6.07, 6.45) is 0.361. The van der Waals surface area contributed by atoms with E-state index in [4.69, 9.17) is 4.74 Å². The van der Waals surface area contributed by atoms with E-state index in [1.807, 2.05) is 20.8 Å². The highest BCUT2D eigenvalue weighted by Crippen LogP contribution is 2.43. The molecule has 2 atom stereocenters. The predicted octanol–water partition coefficient (Wildman–Crippen LogP) is 2.46. The molecular formula is C19H24N2O6. The summed E-state index contributed by atoms with van der Waals surface area (Å²) in [6, 6.07) is 4.50. The van der Waals surface area contributed by atoms with Crippen molar-refractivity contribution < 1.29 is 24.4 Å². The van der Waals surface area contributed by atoms with Gasteiger partial charge in [0.25, 0.3) is 11.6 Å². The second kappa shape index (κ2) is 6.60. The molecule has 0 bridgehead atoms. The number of aliphatic carboxylic acids is 1. The predicted molar refractivity (Wildman–Crippen MR) is 96.7 cm³/mol. The second-order valence-corrected chi connectivity index (χ2v) is 8.41. The first-order chi connectivity index (χ1) is 12.6. The van der Waals surface area contributed by atoms with E-state index in [0.29, 0.717) is 25.2 Å². The van der Waals surface area contributed by atoms with Gasteiger partial charge in [0.05, 0.1) is 16.9 Å². The van der Waals surface area contributed by atoms with E-state index in [-0.39, 0.29) is 36.2 Å². The van der Waals surface area contributed by atoms with Crippen LogP contribution < -0.4 is 0 Å². The molecule has 27 heavy (non-hydrogen) atoms. The first kappa shape index (κ1) is 19.3. The van der Waals surface area contributed by atoms with Gasteiger partial charge in [-0.05, 0) is 17.9 Å². The molecule has 0 unspecified atom stereocenters. The Hall–Kier alpha value is -2.48. The largest absolute Gasteiger partial charge is 0.481 e. The number of carboxylic acids is 1. The number of rotatable bonds is 3. The Labute approximate surface area is 157 Å². The maximum absolute atomic E-state index is 13.0. The number of nitro groups is 1. The smallest absolute Gasteiger partial charge is 0.311 e. The Balaban J connectivity index is 1.92. The monoisotopic (exact) mass is 376 g/mol. The van der Waals surface area contributed by atoms with Gasteiger partial charge in [-0.3, -0.25) is 19.7 Å². The normalized spacial score (nSPS) is 25.1. The van der Waals surface area contributed by atoms with Gasteiger partial charge in [0, 0.05) is 42.8 Å². The van der Waals surface area contributed by atoms with Crippen LogP contribution in [-0.2, 0) is 14.9 Å². The Kier molecular flexibility index (Phi) is 4.71. The van der Waals surface area contributed by atoms with Crippen molar-refractivity contribution >= 4 is 17.6 Å². The molecule has 1 aromatic carbocycles. The van der Waals surface area contributed by atoms with Gasteiger partial charge in [-0.1, -0.05) is 26.8 Å². The minimum absolute atomic E-state index is 0.0961. The van der Waals surface area contributed by atoms with Crippen LogP contribution in [0.2, 0.25) is 0 Å². The van der Waals surface area contributed by atoms with E-state index >= 15 is 0 Å². The Morgan fingerprint density at radius 1 is 1.37 bits per heavy atom. The number of amides is 1. The summed E-state index contributed by atoms with van der Waals surface area (Å²) in [7, 11) is 0. The fraction of sp³-hybridized carbons (Fsp3) is 0.579.